The summed E-state index contributed by atoms with van der Waals surface area (Å²) in [5, 5.41) is 11.1. The van der Waals surface area contributed by atoms with Crippen molar-refractivity contribution in [3.63, 3.8) is 0 Å². The summed E-state index contributed by atoms with van der Waals surface area (Å²) >= 11 is 1.63. The average molecular weight is 356 g/mol. The van der Waals surface area contributed by atoms with E-state index in [2.05, 4.69) is 6.07 Å². The molecule has 130 valence electrons. The predicted octanol–water partition coefficient (Wildman–Crippen LogP) is 3.21. The van der Waals surface area contributed by atoms with Gasteiger partial charge >= 0.3 is 0 Å². The third kappa shape index (κ3) is 4.81. The molecule has 1 unspecified atom stereocenters. The van der Waals surface area contributed by atoms with Gasteiger partial charge in [0.2, 0.25) is 0 Å². The molecule has 1 saturated heterocycles. The van der Waals surface area contributed by atoms with Crippen LogP contribution >= 0.6 is 11.3 Å². The average Bonchev–Trinajstić information content (AvgIpc) is 3.33. The molecule has 0 bridgehead atoms. The number of hydrogen-bond acceptors (Lipinski definition) is 5. The number of nitrogens with zero attached hydrogens (tertiary/aromatic N) is 2. The molecule has 1 fully saturated rings. The van der Waals surface area contributed by atoms with E-state index in [1.165, 1.54) is 0 Å². The second kappa shape index (κ2) is 8.65. The van der Waals surface area contributed by atoms with Crippen LogP contribution in [0.25, 0.3) is 0 Å². The second-order valence-corrected chi connectivity index (χ2v) is 6.92. The molecule has 1 aliphatic heterocycles. The largest absolute Gasteiger partial charge is 0.482 e. The Hall–Kier alpha value is -2.36. The van der Waals surface area contributed by atoms with Gasteiger partial charge in [-0.3, -0.25) is 4.79 Å². The first kappa shape index (κ1) is 17.5. The van der Waals surface area contributed by atoms with E-state index >= 15 is 0 Å². The monoisotopic (exact) mass is 356 g/mol. The number of thiophene rings is 1. The first-order chi connectivity index (χ1) is 12.3. The first-order valence-electron chi connectivity index (χ1n) is 8.30. The SMILES string of the molecule is N#Cc1ccccc1OCC(=O)N(Cc1cccs1)CC1CCCO1. The number of carbonyl (C=O) groups excluding carboxylic acids is 1. The summed E-state index contributed by atoms with van der Waals surface area (Å²) in [6.45, 7) is 1.80. The molecule has 0 spiro atoms. The van der Waals surface area contributed by atoms with Crippen molar-refractivity contribution in [3.05, 3.63) is 52.2 Å². The van der Waals surface area contributed by atoms with Gasteiger partial charge in [-0.2, -0.15) is 5.26 Å². The molecule has 1 atom stereocenters. The van der Waals surface area contributed by atoms with Crippen LogP contribution in [0.3, 0.4) is 0 Å². The summed E-state index contributed by atoms with van der Waals surface area (Å²) in [6.07, 6.45) is 2.11. The third-order valence-electron chi connectivity index (χ3n) is 4.09. The number of para-hydroxylation sites is 1. The Morgan fingerprint density at radius 3 is 2.96 bits per heavy atom. The van der Waals surface area contributed by atoms with Gasteiger partial charge in [0.05, 0.1) is 18.2 Å². The van der Waals surface area contributed by atoms with Gasteiger partial charge in [0, 0.05) is 18.0 Å². The van der Waals surface area contributed by atoms with Crippen molar-refractivity contribution >= 4 is 17.2 Å². The van der Waals surface area contributed by atoms with E-state index in [4.69, 9.17) is 14.7 Å². The highest BCUT2D eigenvalue weighted by molar-refractivity contribution is 7.09. The predicted molar refractivity (Wildman–Crippen MR) is 95.4 cm³/mol. The summed E-state index contributed by atoms with van der Waals surface area (Å²) in [6, 6.07) is 13.0. The Morgan fingerprint density at radius 2 is 2.24 bits per heavy atom. The van der Waals surface area contributed by atoms with Gasteiger partial charge in [-0.1, -0.05) is 18.2 Å². The van der Waals surface area contributed by atoms with Crippen LogP contribution in [0.1, 0.15) is 23.3 Å². The van der Waals surface area contributed by atoms with E-state index in [0.717, 1.165) is 24.3 Å². The molecule has 0 saturated carbocycles. The molecule has 5 nitrogen and oxygen atoms in total. The third-order valence-corrected chi connectivity index (χ3v) is 4.95. The van der Waals surface area contributed by atoms with Crippen molar-refractivity contribution in [2.45, 2.75) is 25.5 Å². The molecule has 0 radical (unpaired) electrons. The maximum Gasteiger partial charge on any atom is 0.260 e. The van der Waals surface area contributed by atoms with E-state index in [-0.39, 0.29) is 18.6 Å². The summed E-state index contributed by atoms with van der Waals surface area (Å²) in [4.78, 5) is 15.6. The Kier molecular flexibility index (Phi) is 6.04. The van der Waals surface area contributed by atoms with E-state index in [1.807, 2.05) is 17.5 Å². The number of ether oxygens (including phenoxy) is 2. The number of carbonyl (C=O) groups is 1. The molecule has 1 aliphatic rings. The van der Waals surface area contributed by atoms with Gasteiger partial charge in [-0.05, 0) is 36.4 Å². The van der Waals surface area contributed by atoms with Crippen LogP contribution in [-0.4, -0.2) is 36.7 Å². The second-order valence-electron chi connectivity index (χ2n) is 5.89. The lowest BCUT2D eigenvalue weighted by atomic mass is 10.2. The number of nitriles is 1. The highest BCUT2D eigenvalue weighted by atomic mass is 32.1. The van der Waals surface area contributed by atoms with Crippen molar-refractivity contribution in [3.8, 4) is 11.8 Å². The van der Waals surface area contributed by atoms with Gasteiger partial charge in [-0.15, -0.1) is 11.3 Å². The topological polar surface area (TPSA) is 62.6 Å². The van der Waals surface area contributed by atoms with Gasteiger partial charge in [-0.25, -0.2) is 0 Å². The lowest BCUT2D eigenvalue weighted by molar-refractivity contribution is -0.135. The number of amides is 1. The molecule has 0 aliphatic carbocycles. The number of rotatable bonds is 7. The van der Waals surface area contributed by atoms with Crippen LogP contribution in [0.4, 0.5) is 0 Å². The Morgan fingerprint density at radius 1 is 1.36 bits per heavy atom. The number of hydrogen-bond donors (Lipinski definition) is 0. The van der Waals surface area contributed by atoms with Gasteiger partial charge in [0.1, 0.15) is 11.8 Å². The highest BCUT2D eigenvalue weighted by Crippen LogP contribution is 2.19. The van der Waals surface area contributed by atoms with Crippen LogP contribution in [-0.2, 0) is 16.1 Å². The molecular formula is C19H20N2O3S. The van der Waals surface area contributed by atoms with Crippen molar-refractivity contribution in [1.82, 2.24) is 4.90 Å². The van der Waals surface area contributed by atoms with Crippen LogP contribution in [0.15, 0.2) is 41.8 Å². The molecule has 2 aromatic rings. The molecule has 1 aromatic heterocycles. The molecule has 0 N–H and O–H groups in total. The van der Waals surface area contributed by atoms with Gasteiger partial charge in [0.15, 0.2) is 6.61 Å². The highest BCUT2D eigenvalue weighted by Gasteiger charge is 2.23. The minimum atomic E-state index is -0.100. The fourth-order valence-corrected chi connectivity index (χ4v) is 3.51. The quantitative estimate of drug-likeness (QED) is 0.764. The van der Waals surface area contributed by atoms with Crippen molar-refractivity contribution in [1.29, 1.82) is 5.26 Å². The van der Waals surface area contributed by atoms with E-state index in [1.54, 1.807) is 40.5 Å². The summed E-state index contributed by atoms with van der Waals surface area (Å²) in [5.41, 5.74) is 0.430. The maximum absolute atomic E-state index is 12.7. The van der Waals surface area contributed by atoms with Crippen molar-refractivity contribution in [2.75, 3.05) is 19.8 Å². The van der Waals surface area contributed by atoms with Crippen molar-refractivity contribution in [2.24, 2.45) is 0 Å². The Labute approximate surface area is 151 Å². The molecular weight excluding hydrogens is 336 g/mol. The van der Waals surface area contributed by atoms with Crippen molar-refractivity contribution < 1.29 is 14.3 Å². The fourth-order valence-electron chi connectivity index (χ4n) is 2.79. The lowest BCUT2D eigenvalue weighted by Crippen LogP contribution is -2.39. The van der Waals surface area contributed by atoms with Crippen LogP contribution < -0.4 is 4.74 Å². The zero-order valence-electron chi connectivity index (χ0n) is 13.9. The minimum Gasteiger partial charge on any atom is -0.482 e. The zero-order chi connectivity index (χ0) is 17.5. The minimum absolute atomic E-state index is 0.0865. The van der Waals surface area contributed by atoms with E-state index in [9.17, 15) is 4.79 Å². The van der Waals surface area contributed by atoms with E-state index < -0.39 is 0 Å². The maximum atomic E-state index is 12.7. The van der Waals surface area contributed by atoms with Crippen LogP contribution in [0.5, 0.6) is 5.75 Å². The molecule has 1 aromatic carbocycles. The Bertz CT molecular complexity index is 733. The molecule has 2 heterocycles. The summed E-state index contributed by atoms with van der Waals surface area (Å²) in [5.74, 6) is 0.336. The Balaban J connectivity index is 1.64. The lowest BCUT2D eigenvalue weighted by Gasteiger charge is -2.25. The molecule has 1 amide bonds. The standard InChI is InChI=1S/C19H20N2O3S/c20-11-15-5-1-2-8-18(15)24-14-19(22)21(12-16-6-3-9-23-16)13-17-7-4-10-25-17/h1-2,4-5,7-8,10,16H,3,6,9,12-14H2. The summed E-state index contributed by atoms with van der Waals surface area (Å²) in [7, 11) is 0. The van der Waals surface area contributed by atoms with Crippen LogP contribution in [0, 0.1) is 11.3 Å². The first-order valence-corrected chi connectivity index (χ1v) is 9.18. The molecule has 6 heteroatoms. The fraction of sp³-hybridized carbons (Fsp3) is 0.368. The number of benzene rings is 1. The smallest absolute Gasteiger partial charge is 0.260 e. The summed E-state index contributed by atoms with van der Waals surface area (Å²) < 4.78 is 11.3. The van der Waals surface area contributed by atoms with E-state index in [0.29, 0.717) is 24.4 Å². The molecule has 3 rings (SSSR count). The normalized spacial score (nSPS) is 16.4. The molecule has 25 heavy (non-hydrogen) atoms. The zero-order valence-corrected chi connectivity index (χ0v) is 14.7. The van der Waals surface area contributed by atoms with Gasteiger partial charge < -0.3 is 14.4 Å². The van der Waals surface area contributed by atoms with Crippen LogP contribution in [0.2, 0.25) is 0 Å². The van der Waals surface area contributed by atoms with Gasteiger partial charge in [0.25, 0.3) is 5.91 Å².